The molecule has 1 aromatic heterocycles. The molecule has 2 aliphatic rings. The molecule has 0 spiro atoms. The normalized spacial score (nSPS) is 17.1. The van der Waals surface area contributed by atoms with E-state index in [1.807, 2.05) is 4.90 Å². The van der Waals surface area contributed by atoms with E-state index in [0.717, 1.165) is 37.4 Å². The molecule has 0 bridgehead atoms. The third-order valence-corrected chi connectivity index (χ3v) is 10.5. The summed E-state index contributed by atoms with van der Waals surface area (Å²) in [5.41, 5.74) is 0.745. The number of para-hydroxylation sites is 1. The van der Waals surface area contributed by atoms with Crippen molar-refractivity contribution in [3.8, 4) is 17.2 Å². The summed E-state index contributed by atoms with van der Waals surface area (Å²) in [6, 6.07) is 13.6. The molecule has 9 nitrogen and oxygen atoms in total. The molecule has 1 saturated carbocycles. The van der Waals surface area contributed by atoms with Gasteiger partial charge in [0.1, 0.15) is 16.5 Å². The molecule has 3 aromatic rings. The quantitative estimate of drug-likeness (QED) is 0.399. The number of thioether (sulfide) groups is 1. The van der Waals surface area contributed by atoms with E-state index >= 15 is 0 Å². The first-order valence-corrected chi connectivity index (χ1v) is 15.5. The lowest BCUT2D eigenvalue weighted by atomic mass is 10.2. The topological polar surface area (TPSA) is 105 Å². The zero-order valence-corrected chi connectivity index (χ0v) is 23.1. The number of phenols is 1. The predicted octanol–water partition coefficient (Wildman–Crippen LogP) is 4.11. The first kappa shape index (κ1) is 26.9. The molecule has 0 radical (unpaired) electrons. The van der Waals surface area contributed by atoms with Crippen LogP contribution in [-0.2, 0) is 10.0 Å². The number of aromatic nitrogens is 2. The molecule has 0 amide bonds. The van der Waals surface area contributed by atoms with Crippen LogP contribution in [0.4, 0.5) is 5.69 Å². The van der Waals surface area contributed by atoms with E-state index in [4.69, 9.17) is 16.3 Å². The van der Waals surface area contributed by atoms with Gasteiger partial charge in [-0.15, -0.1) is 11.8 Å². The number of halogens is 1. The van der Waals surface area contributed by atoms with Gasteiger partial charge >= 0.3 is 5.56 Å². The zero-order chi connectivity index (χ0) is 26.7. The molecule has 38 heavy (non-hydrogen) atoms. The monoisotopic (exact) mass is 576 g/mol. The van der Waals surface area contributed by atoms with Crippen LogP contribution in [0.1, 0.15) is 25.7 Å². The SMILES string of the molecule is O=c1c(OC2CCCC2)c(N2CCN(S(=O)(=O)CSc3ccccc3O)CC2)cnn1-c1cccc(Cl)c1. The minimum atomic E-state index is -3.55. The van der Waals surface area contributed by atoms with Gasteiger partial charge in [-0.25, -0.2) is 8.42 Å². The smallest absolute Gasteiger partial charge is 0.316 e. The number of rotatable bonds is 8. The molecule has 0 unspecified atom stereocenters. The number of ether oxygens (including phenoxy) is 1. The highest BCUT2D eigenvalue weighted by molar-refractivity contribution is 8.11. The summed E-state index contributed by atoms with van der Waals surface area (Å²) in [4.78, 5) is 16.1. The van der Waals surface area contributed by atoms with Gasteiger partial charge in [-0.05, 0) is 56.0 Å². The molecule has 1 saturated heterocycles. The standard InChI is InChI=1S/C26H29ClN4O5S2/c27-19-6-5-7-20(16-19)31-26(33)25(36-21-8-1-2-9-21)22(17-28-31)29-12-14-30(15-13-29)38(34,35)18-37-24-11-4-3-10-23(24)32/h3-7,10-11,16-17,21,32H,1-2,8-9,12-15,18H2. The van der Waals surface area contributed by atoms with E-state index in [0.29, 0.717) is 34.4 Å². The summed E-state index contributed by atoms with van der Waals surface area (Å²) >= 11 is 7.23. The van der Waals surface area contributed by atoms with Crippen molar-refractivity contribution in [1.82, 2.24) is 14.1 Å². The van der Waals surface area contributed by atoms with Crippen molar-refractivity contribution in [2.45, 2.75) is 36.7 Å². The highest BCUT2D eigenvalue weighted by atomic mass is 35.5. The summed E-state index contributed by atoms with van der Waals surface area (Å²) in [6.07, 6.45) is 5.47. The highest BCUT2D eigenvalue weighted by Gasteiger charge is 2.30. The predicted molar refractivity (Wildman–Crippen MR) is 149 cm³/mol. The number of anilines is 1. The fourth-order valence-corrected chi connectivity index (χ4v) is 7.72. The molecule has 1 N–H and O–H groups in total. The number of piperazine rings is 1. The molecule has 12 heteroatoms. The molecule has 2 aromatic carbocycles. The summed E-state index contributed by atoms with van der Waals surface area (Å²) in [5, 5.41) is 14.7. The van der Waals surface area contributed by atoms with Gasteiger partial charge in [-0.2, -0.15) is 14.1 Å². The minimum Gasteiger partial charge on any atom is -0.507 e. The first-order chi connectivity index (χ1) is 18.3. The van der Waals surface area contributed by atoms with Crippen molar-refractivity contribution in [3.63, 3.8) is 0 Å². The van der Waals surface area contributed by atoms with Crippen LogP contribution in [0, 0.1) is 0 Å². The zero-order valence-electron chi connectivity index (χ0n) is 20.7. The second kappa shape index (κ2) is 11.6. The summed E-state index contributed by atoms with van der Waals surface area (Å²) in [6.45, 7) is 1.32. The van der Waals surface area contributed by atoms with Gasteiger partial charge in [0.15, 0.2) is 0 Å². The third-order valence-electron chi connectivity index (χ3n) is 6.76. The fourth-order valence-electron chi connectivity index (χ4n) is 4.73. The summed E-state index contributed by atoms with van der Waals surface area (Å²) in [5.74, 6) is 0.297. The molecule has 2 heterocycles. The van der Waals surface area contributed by atoms with Crippen LogP contribution in [0.25, 0.3) is 5.69 Å². The van der Waals surface area contributed by atoms with Crippen molar-refractivity contribution >= 4 is 39.1 Å². The molecule has 5 rings (SSSR count). The van der Waals surface area contributed by atoms with Crippen LogP contribution in [-0.4, -0.2) is 65.0 Å². The average molecular weight is 577 g/mol. The Morgan fingerprint density at radius 3 is 2.50 bits per heavy atom. The van der Waals surface area contributed by atoms with Gasteiger partial charge in [0.25, 0.3) is 0 Å². The summed E-state index contributed by atoms with van der Waals surface area (Å²) < 4.78 is 35.0. The average Bonchev–Trinajstić information content (AvgIpc) is 3.43. The number of hydrogen-bond donors (Lipinski definition) is 1. The second-order valence-corrected chi connectivity index (χ2v) is 13.1. The number of sulfonamides is 1. The number of hydrogen-bond acceptors (Lipinski definition) is 8. The lowest BCUT2D eigenvalue weighted by Gasteiger charge is -2.36. The second-order valence-electron chi connectivity index (χ2n) is 9.31. The van der Waals surface area contributed by atoms with Gasteiger partial charge in [-0.3, -0.25) is 4.79 Å². The maximum Gasteiger partial charge on any atom is 0.316 e. The molecular weight excluding hydrogens is 548 g/mol. The van der Waals surface area contributed by atoms with Crippen LogP contribution in [0.2, 0.25) is 5.02 Å². The number of nitrogens with zero attached hydrogens (tertiary/aromatic N) is 4. The van der Waals surface area contributed by atoms with Crippen molar-refractivity contribution in [1.29, 1.82) is 0 Å². The molecule has 0 atom stereocenters. The van der Waals surface area contributed by atoms with E-state index in [1.165, 1.54) is 15.1 Å². The van der Waals surface area contributed by atoms with Crippen LogP contribution in [0.3, 0.4) is 0 Å². The van der Waals surface area contributed by atoms with E-state index in [-0.39, 0.29) is 41.3 Å². The number of aromatic hydroxyl groups is 1. The number of benzene rings is 2. The van der Waals surface area contributed by atoms with Crippen molar-refractivity contribution in [2.24, 2.45) is 0 Å². The van der Waals surface area contributed by atoms with E-state index in [9.17, 15) is 18.3 Å². The lowest BCUT2D eigenvalue weighted by Crippen LogP contribution is -2.49. The Morgan fingerprint density at radius 2 is 1.79 bits per heavy atom. The van der Waals surface area contributed by atoms with Crippen LogP contribution in [0.5, 0.6) is 11.5 Å². The van der Waals surface area contributed by atoms with Gasteiger partial charge in [0.2, 0.25) is 15.8 Å². The molecule has 1 aliphatic carbocycles. The lowest BCUT2D eigenvalue weighted by molar-refractivity contribution is 0.205. The van der Waals surface area contributed by atoms with E-state index < -0.39 is 10.0 Å². The number of phenolic OH excluding ortho intramolecular Hbond substituents is 1. The first-order valence-electron chi connectivity index (χ1n) is 12.5. The Hall–Kier alpha value is -2.73. The Balaban J connectivity index is 1.34. The Morgan fingerprint density at radius 1 is 1.05 bits per heavy atom. The van der Waals surface area contributed by atoms with Crippen molar-refractivity contribution < 1.29 is 18.3 Å². The van der Waals surface area contributed by atoms with Gasteiger partial charge in [0, 0.05) is 31.2 Å². The molecular formula is C26H29ClN4O5S2. The Bertz CT molecular complexity index is 1450. The Labute approximate surface area is 231 Å². The maximum absolute atomic E-state index is 13.6. The van der Waals surface area contributed by atoms with E-state index in [2.05, 4.69) is 5.10 Å². The van der Waals surface area contributed by atoms with E-state index in [1.54, 1.807) is 48.7 Å². The minimum absolute atomic E-state index is 0.0373. The maximum atomic E-state index is 13.6. The highest BCUT2D eigenvalue weighted by Crippen LogP contribution is 2.32. The fraction of sp³-hybridized carbons (Fsp3) is 0.385. The van der Waals surface area contributed by atoms with Crippen LogP contribution < -0.4 is 15.2 Å². The van der Waals surface area contributed by atoms with Crippen molar-refractivity contribution in [2.75, 3.05) is 36.2 Å². The largest absolute Gasteiger partial charge is 0.507 e. The third kappa shape index (κ3) is 5.96. The molecule has 202 valence electrons. The van der Waals surface area contributed by atoms with Gasteiger partial charge < -0.3 is 14.7 Å². The van der Waals surface area contributed by atoms with Crippen LogP contribution >= 0.6 is 23.4 Å². The summed E-state index contributed by atoms with van der Waals surface area (Å²) in [7, 11) is -3.55. The van der Waals surface area contributed by atoms with Gasteiger partial charge in [0.05, 0.1) is 22.9 Å². The van der Waals surface area contributed by atoms with Crippen LogP contribution in [0.15, 0.2) is 64.4 Å². The van der Waals surface area contributed by atoms with Gasteiger partial charge in [-0.1, -0.05) is 29.8 Å². The van der Waals surface area contributed by atoms with Crippen molar-refractivity contribution in [3.05, 3.63) is 70.1 Å². The Kier molecular flexibility index (Phi) is 8.18. The molecule has 2 fully saturated rings. The molecule has 1 aliphatic heterocycles.